The highest BCUT2D eigenvalue weighted by Crippen LogP contribution is 2.65. The molecular formula is C21H26BrNO3. The van der Waals surface area contributed by atoms with Crippen LogP contribution in [0.25, 0.3) is 0 Å². The van der Waals surface area contributed by atoms with Gasteiger partial charge in [0.15, 0.2) is 0 Å². The van der Waals surface area contributed by atoms with Gasteiger partial charge in [0.25, 0.3) is 0 Å². The molecule has 4 saturated carbocycles. The Morgan fingerprint density at radius 3 is 2.38 bits per heavy atom. The Morgan fingerprint density at radius 1 is 1.15 bits per heavy atom. The van der Waals surface area contributed by atoms with Crippen LogP contribution in [0.4, 0.5) is 5.69 Å². The number of alkyl halides is 1. The Labute approximate surface area is 163 Å². The summed E-state index contributed by atoms with van der Waals surface area (Å²) in [5.41, 5.74) is 1.41. The summed E-state index contributed by atoms with van der Waals surface area (Å²) in [5.74, 6) is 1.33. The highest BCUT2D eigenvalue weighted by Gasteiger charge is 2.57. The van der Waals surface area contributed by atoms with Crippen molar-refractivity contribution in [1.29, 1.82) is 0 Å². The summed E-state index contributed by atoms with van der Waals surface area (Å²) in [5, 5.41) is 3.02. The zero-order chi connectivity index (χ0) is 18.4. The van der Waals surface area contributed by atoms with Gasteiger partial charge in [-0.3, -0.25) is 4.79 Å². The fraction of sp³-hybridized carbons (Fsp3) is 0.619. The molecule has 140 valence electrons. The molecular weight excluding hydrogens is 394 g/mol. The number of halogens is 1. The number of carbonyl (C=O) groups excluding carboxylic acids is 2. The Morgan fingerprint density at radius 2 is 1.81 bits per heavy atom. The van der Waals surface area contributed by atoms with Crippen LogP contribution >= 0.6 is 15.9 Å². The summed E-state index contributed by atoms with van der Waals surface area (Å²) in [6.45, 7) is 2.14. The van der Waals surface area contributed by atoms with Crippen LogP contribution in [0.15, 0.2) is 24.3 Å². The molecule has 4 aliphatic rings. The Bertz CT molecular complexity index is 700. The standard InChI is InChI=1S/C21H26BrNO3/c1-2-26-19(25)16-3-5-17(6-4-16)23-18(24)12-20-8-14-7-15(9-20)11-21(22,10-14)13-20/h3-6,14-15H,2,7-13H2,1H3,(H,23,24). The molecule has 1 aromatic rings. The van der Waals surface area contributed by atoms with Gasteiger partial charge in [0.2, 0.25) is 5.91 Å². The Balaban J connectivity index is 1.39. The van der Waals surface area contributed by atoms with Crippen LogP contribution in [0.2, 0.25) is 0 Å². The quantitative estimate of drug-likeness (QED) is 0.543. The smallest absolute Gasteiger partial charge is 0.338 e. The number of benzene rings is 1. The van der Waals surface area contributed by atoms with Gasteiger partial charge in [-0.05, 0) is 87.0 Å². The highest BCUT2D eigenvalue weighted by atomic mass is 79.9. The number of hydrogen-bond acceptors (Lipinski definition) is 3. The molecule has 0 heterocycles. The molecule has 0 aliphatic heterocycles. The van der Waals surface area contributed by atoms with Crippen LogP contribution in [-0.2, 0) is 9.53 Å². The summed E-state index contributed by atoms with van der Waals surface area (Å²) in [6.07, 6.45) is 8.05. The Kier molecular flexibility index (Phi) is 4.62. The van der Waals surface area contributed by atoms with E-state index >= 15 is 0 Å². The van der Waals surface area contributed by atoms with Crippen molar-refractivity contribution in [1.82, 2.24) is 0 Å². The number of ether oxygens (including phenoxy) is 1. The maximum atomic E-state index is 12.7. The third-order valence-corrected chi connectivity index (χ3v) is 7.25. The van der Waals surface area contributed by atoms with Crippen molar-refractivity contribution in [3.63, 3.8) is 0 Å². The first-order valence-electron chi connectivity index (χ1n) is 9.65. The molecule has 26 heavy (non-hydrogen) atoms. The van der Waals surface area contributed by atoms with Crippen LogP contribution in [0.3, 0.4) is 0 Å². The van der Waals surface area contributed by atoms with E-state index in [1.54, 1.807) is 31.2 Å². The van der Waals surface area contributed by atoms with Crippen LogP contribution in [0.1, 0.15) is 62.2 Å². The summed E-state index contributed by atoms with van der Waals surface area (Å²) in [4.78, 5) is 24.4. The number of anilines is 1. The van der Waals surface area contributed by atoms with Crippen molar-refractivity contribution >= 4 is 33.5 Å². The summed E-state index contributed by atoms with van der Waals surface area (Å²) >= 11 is 4.01. The lowest BCUT2D eigenvalue weighted by Gasteiger charge is -2.60. The SMILES string of the molecule is CCOC(=O)c1ccc(NC(=O)CC23CC4CC(CC(Br)(C4)C2)C3)cc1. The predicted molar refractivity (Wildman–Crippen MR) is 104 cm³/mol. The number of nitrogens with one attached hydrogen (secondary N) is 1. The van der Waals surface area contributed by atoms with Crippen molar-refractivity contribution in [2.24, 2.45) is 17.3 Å². The van der Waals surface area contributed by atoms with E-state index in [9.17, 15) is 9.59 Å². The van der Waals surface area contributed by atoms with Gasteiger partial charge < -0.3 is 10.1 Å². The van der Waals surface area contributed by atoms with Gasteiger partial charge in [-0.25, -0.2) is 4.79 Å². The summed E-state index contributed by atoms with van der Waals surface area (Å²) in [6, 6.07) is 6.95. The van der Waals surface area contributed by atoms with E-state index in [2.05, 4.69) is 21.2 Å². The minimum absolute atomic E-state index is 0.0898. The summed E-state index contributed by atoms with van der Waals surface area (Å²) < 4.78 is 5.26. The van der Waals surface area contributed by atoms with Crippen molar-refractivity contribution in [2.75, 3.05) is 11.9 Å². The molecule has 4 nitrogen and oxygen atoms in total. The van der Waals surface area contributed by atoms with Gasteiger partial charge in [-0.1, -0.05) is 15.9 Å². The van der Waals surface area contributed by atoms with Crippen molar-refractivity contribution in [2.45, 2.75) is 56.2 Å². The van der Waals surface area contributed by atoms with Crippen LogP contribution < -0.4 is 5.32 Å². The molecule has 1 aromatic carbocycles. The van der Waals surface area contributed by atoms with Gasteiger partial charge in [0.1, 0.15) is 0 Å². The van der Waals surface area contributed by atoms with E-state index in [0.717, 1.165) is 23.9 Å². The molecule has 4 bridgehead atoms. The second-order valence-electron chi connectivity index (χ2n) is 8.63. The van der Waals surface area contributed by atoms with E-state index in [-0.39, 0.29) is 21.6 Å². The Hall–Kier alpha value is -1.36. The lowest BCUT2D eigenvalue weighted by molar-refractivity contribution is -0.123. The molecule has 5 rings (SSSR count). The molecule has 2 unspecified atom stereocenters. The van der Waals surface area contributed by atoms with Crippen molar-refractivity contribution < 1.29 is 14.3 Å². The van der Waals surface area contributed by atoms with Gasteiger partial charge >= 0.3 is 5.97 Å². The van der Waals surface area contributed by atoms with Crippen molar-refractivity contribution in [3.8, 4) is 0 Å². The molecule has 2 atom stereocenters. The first-order chi connectivity index (χ1) is 12.4. The molecule has 0 radical (unpaired) electrons. The third-order valence-electron chi connectivity index (χ3n) is 6.33. The van der Waals surface area contributed by atoms with Gasteiger partial charge in [-0.15, -0.1) is 0 Å². The van der Waals surface area contributed by atoms with E-state index in [1.807, 2.05) is 0 Å². The molecule has 5 heteroatoms. The van der Waals surface area contributed by atoms with E-state index in [0.29, 0.717) is 18.6 Å². The normalized spacial score (nSPS) is 34.5. The van der Waals surface area contributed by atoms with E-state index < -0.39 is 0 Å². The largest absolute Gasteiger partial charge is 0.462 e. The van der Waals surface area contributed by atoms with Crippen LogP contribution in [-0.4, -0.2) is 22.8 Å². The number of esters is 1. The fourth-order valence-corrected chi connectivity index (χ4v) is 7.50. The average Bonchev–Trinajstić information content (AvgIpc) is 2.52. The molecule has 4 aliphatic carbocycles. The topological polar surface area (TPSA) is 55.4 Å². The maximum Gasteiger partial charge on any atom is 0.338 e. The van der Waals surface area contributed by atoms with E-state index in [1.165, 1.54) is 32.1 Å². The molecule has 1 amide bonds. The lowest BCUT2D eigenvalue weighted by atomic mass is 9.48. The average molecular weight is 420 g/mol. The zero-order valence-corrected chi connectivity index (χ0v) is 16.8. The fourth-order valence-electron chi connectivity index (χ4n) is 5.99. The second kappa shape index (κ2) is 6.66. The number of rotatable bonds is 5. The van der Waals surface area contributed by atoms with Gasteiger partial charge in [-0.2, -0.15) is 0 Å². The number of amides is 1. The molecule has 4 fully saturated rings. The first kappa shape index (κ1) is 18.0. The van der Waals surface area contributed by atoms with Crippen molar-refractivity contribution in [3.05, 3.63) is 29.8 Å². The number of carbonyl (C=O) groups is 2. The zero-order valence-electron chi connectivity index (χ0n) is 15.2. The highest BCUT2D eigenvalue weighted by molar-refractivity contribution is 9.10. The van der Waals surface area contributed by atoms with Crippen LogP contribution in [0.5, 0.6) is 0 Å². The monoisotopic (exact) mass is 419 g/mol. The first-order valence-corrected chi connectivity index (χ1v) is 10.4. The third kappa shape index (κ3) is 3.55. The molecule has 0 saturated heterocycles. The van der Waals surface area contributed by atoms with Gasteiger partial charge in [0.05, 0.1) is 12.2 Å². The number of hydrogen-bond donors (Lipinski definition) is 1. The lowest BCUT2D eigenvalue weighted by Crippen LogP contribution is -2.53. The molecule has 1 N–H and O–H groups in total. The minimum atomic E-state index is -0.332. The minimum Gasteiger partial charge on any atom is -0.462 e. The molecule has 0 aromatic heterocycles. The second-order valence-corrected chi connectivity index (χ2v) is 10.3. The predicted octanol–water partition coefficient (Wildman–Crippen LogP) is 4.93. The van der Waals surface area contributed by atoms with Gasteiger partial charge in [0, 0.05) is 16.4 Å². The summed E-state index contributed by atoms with van der Waals surface area (Å²) in [7, 11) is 0. The maximum absolute atomic E-state index is 12.7. The van der Waals surface area contributed by atoms with Crippen LogP contribution in [0, 0.1) is 17.3 Å². The van der Waals surface area contributed by atoms with E-state index in [4.69, 9.17) is 4.74 Å². The molecule has 0 spiro atoms.